The van der Waals surface area contributed by atoms with Crippen molar-refractivity contribution in [1.29, 1.82) is 0 Å². The molecule has 0 fully saturated rings. The maximum absolute atomic E-state index is 12.3. The Hall–Kier alpha value is -3.68. The maximum Gasteiger partial charge on any atom is 0.252 e. The van der Waals surface area contributed by atoms with E-state index >= 15 is 0 Å². The van der Waals surface area contributed by atoms with Gasteiger partial charge < -0.3 is 9.47 Å². The molecule has 8 heteroatoms. The lowest BCUT2D eigenvalue weighted by Gasteiger charge is -2.11. The molecule has 2 N–H and O–H groups in total. The molecule has 2 aromatic carbocycles. The Labute approximate surface area is 169 Å². The second kappa shape index (κ2) is 11.2. The SMILES string of the molecule is CCC(C(=O)N/N=C/c1ccccc1OC)C(=O)N/N=C/c1ccccc1OC. The fraction of sp³-hybridized carbons (Fsp3) is 0.238. The molecule has 0 bridgehead atoms. The second-order valence-corrected chi connectivity index (χ2v) is 5.91. The summed E-state index contributed by atoms with van der Waals surface area (Å²) in [5.41, 5.74) is 6.17. The molecule has 0 aliphatic rings. The predicted octanol–water partition coefficient (Wildman–Crippen LogP) is 2.33. The van der Waals surface area contributed by atoms with Crippen LogP contribution in [0.5, 0.6) is 11.5 Å². The fourth-order valence-electron chi connectivity index (χ4n) is 2.52. The van der Waals surface area contributed by atoms with E-state index in [9.17, 15) is 9.59 Å². The molecule has 152 valence electrons. The van der Waals surface area contributed by atoms with Crippen LogP contribution in [-0.4, -0.2) is 38.5 Å². The first kappa shape index (κ1) is 21.6. The van der Waals surface area contributed by atoms with Crippen LogP contribution in [0.25, 0.3) is 0 Å². The largest absolute Gasteiger partial charge is 0.496 e. The summed E-state index contributed by atoms with van der Waals surface area (Å²) >= 11 is 0. The molecule has 8 nitrogen and oxygen atoms in total. The normalized spacial score (nSPS) is 11.0. The van der Waals surface area contributed by atoms with Crippen molar-refractivity contribution in [2.24, 2.45) is 16.1 Å². The Balaban J connectivity index is 1.95. The van der Waals surface area contributed by atoms with Crippen LogP contribution in [0.3, 0.4) is 0 Å². The molecule has 0 heterocycles. The van der Waals surface area contributed by atoms with E-state index in [2.05, 4.69) is 21.1 Å². The van der Waals surface area contributed by atoms with Crippen molar-refractivity contribution in [3.8, 4) is 11.5 Å². The number of para-hydroxylation sites is 2. The van der Waals surface area contributed by atoms with Gasteiger partial charge in [-0.3, -0.25) is 9.59 Å². The molecule has 29 heavy (non-hydrogen) atoms. The number of benzene rings is 2. The number of hydrogen-bond donors (Lipinski definition) is 2. The van der Waals surface area contributed by atoms with Crippen LogP contribution in [-0.2, 0) is 9.59 Å². The first-order valence-corrected chi connectivity index (χ1v) is 9.02. The Kier molecular flexibility index (Phi) is 8.37. The topological polar surface area (TPSA) is 101 Å². The van der Waals surface area contributed by atoms with Crippen LogP contribution in [0.15, 0.2) is 58.7 Å². The van der Waals surface area contributed by atoms with Crippen molar-refractivity contribution in [2.75, 3.05) is 14.2 Å². The number of nitrogens with zero attached hydrogens (tertiary/aromatic N) is 2. The Morgan fingerprint density at radius 3 is 1.66 bits per heavy atom. The third-order valence-corrected chi connectivity index (χ3v) is 4.08. The molecule has 0 unspecified atom stereocenters. The summed E-state index contributed by atoms with van der Waals surface area (Å²) in [6.07, 6.45) is 3.22. The molecule has 0 radical (unpaired) electrons. The molecule has 2 rings (SSSR count). The number of amides is 2. The molecular formula is C21H24N4O4. The third kappa shape index (κ3) is 6.17. The van der Waals surface area contributed by atoms with E-state index in [1.807, 2.05) is 24.3 Å². The zero-order valence-electron chi connectivity index (χ0n) is 16.6. The van der Waals surface area contributed by atoms with Gasteiger partial charge in [0.15, 0.2) is 0 Å². The van der Waals surface area contributed by atoms with Crippen LogP contribution in [0.1, 0.15) is 24.5 Å². The smallest absolute Gasteiger partial charge is 0.252 e. The van der Waals surface area contributed by atoms with Gasteiger partial charge in [0.2, 0.25) is 0 Å². The summed E-state index contributed by atoms with van der Waals surface area (Å²) in [6, 6.07) is 14.5. The van der Waals surface area contributed by atoms with Crippen LogP contribution >= 0.6 is 0 Å². The zero-order chi connectivity index (χ0) is 21.1. The molecule has 0 aromatic heterocycles. The van der Waals surface area contributed by atoms with Crippen LogP contribution < -0.4 is 20.3 Å². The van der Waals surface area contributed by atoms with Gasteiger partial charge >= 0.3 is 0 Å². The highest BCUT2D eigenvalue weighted by atomic mass is 16.5. The third-order valence-electron chi connectivity index (χ3n) is 4.08. The van der Waals surface area contributed by atoms with E-state index in [1.54, 1.807) is 45.4 Å². The van der Waals surface area contributed by atoms with Gasteiger partial charge in [0.1, 0.15) is 17.4 Å². The van der Waals surface area contributed by atoms with Gasteiger partial charge in [-0.25, -0.2) is 10.9 Å². The summed E-state index contributed by atoms with van der Waals surface area (Å²) in [5, 5.41) is 7.82. The lowest BCUT2D eigenvalue weighted by molar-refractivity contribution is -0.135. The summed E-state index contributed by atoms with van der Waals surface area (Å²) in [5.74, 6) is -0.728. The molecule has 0 atom stereocenters. The number of carbonyl (C=O) groups excluding carboxylic acids is 2. The van der Waals surface area contributed by atoms with E-state index in [4.69, 9.17) is 9.47 Å². The van der Waals surface area contributed by atoms with Gasteiger partial charge in [0.25, 0.3) is 11.8 Å². The standard InChI is InChI=1S/C21H24N4O4/c1-4-17(20(26)24-22-13-15-9-5-7-11-18(15)28-2)21(27)25-23-14-16-10-6-8-12-19(16)29-3/h5-14,17H,4H2,1-3H3,(H,24,26)(H,25,27)/b22-13+,23-14+. The highest BCUT2D eigenvalue weighted by molar-refractivity contribution is 6.00. The number of carbonyl (C=O) groups is 2. The quantitative estimate of drug-likeness (QED) is 0.386. The van der Waals surface area contributed by atoms with E-state index < -0.39 is 17.7 Å². The first-order chi connectivity index (χ1) is 14.1. The van der Waals surface area contributed by atoms with Crippen molar-refractivity contribution >= 4 is 24.2 Å². The highest BCUT2D eigenvalue weighted by Gasteiger charge is 2.24. The van der Waals surface area contributed by atoms with Crippen LogP contribution in [0.2, 0.25) is 0 Å². The number of hydrogen-bond acceptors (Lipinski definition) is 6. The lowest BCUT2D eigenvalue weighted by Crippen LogP contribution is -2.37. The van der Waals surface area contributed by atoms with Crippen molar-refractivity contribution in [1.82, 2.24) is 10.9 Å². The average molecular weight is 396 g/mol. The molecule has 2 amide bonds. The zero-order valence-corrected chi connectivity index (χ0v) is 16.6. The second-order valence-electron chi connectivity index (χ2n) is 5.91. The Bertz CT molecular complexity index is 824. The molecule has 0 aliphatic carbocycles. The minimum atomic E-state index is -0.931. The molecule has 0 saturated heterocycles. The van der Waals surface area contributed by atoms with Gasteiger partial charge in [0, 0.05) is 11.1 Å². The van der Waals surface area contributed by atoms with Crippen LogP contribution in [0, 0.1) is 5.92 Å². The average Bonchev–Trinajstić information content (AvgIpc) is 2.75. The van der Waals surface area contributed by atoms with E-state index in [-0.39, 0.29) is 0 Å². The summed E-state index contributed by atoms with van der Waals surface area (Å²) in [6.45, 7) is 1.73. The minimum absolute atomic E-state index is 0.298. The van der Waals surface area contributed by atoms with Gasteiger partial charge in [-0.2, -0.15) is 10.2 Å². The number of nitrogens with one attached hydrogen (secondary N) is 2. The summed E-state index contributed by atoms with van der Waals surface area (Å²) < 4.78 is 10.4. The van der Waals surface area contributed by atoms with E-state index in [0.29, 0.717) is 29.0 Å². The van der Waals surface area contributed by atoms with E-state index in [1.165, 1.54) is 12.4 Å². The Morgan fingerprint density at radius 2 is 1.28 bits per heavy atom. The highest BCUT2D eigenvalue weighted by Crippen LogP contribution is 2.15. The number of methoxy groups -OCH3 is 2. The van der Waals surface area contributed by atoms with Gasteiger partial charge in [-0.05, 0) is 30.7 Å². The fourth-order valence-corrected chi connectivity index (χ4v) is 2.52. The molecule has 0 saturated carbocycles. The number of rotatable bonds is 9. The number of ether oxygens (including phenoxy) is 2. The van der Waals surface area contributed by atoms with Gasteiger partial charge in [-0.1, -0.05) is 31.2 Å². The summed E-state index contributed by atoms with van der Waals surface area (Å²) in [4.78, 5) is 24.6. The van der Waals surface area contributed by atoms with Crippen molar-refractivity contribution in [3.63, 3.8) is 0 Å². The van der Waals surface area contributed by atoms with Crippen molar-refractivity contribution in [3.05, 3.63) is 59.7 Å². The van der Waals surface area contributed by atoms with Gasteiger partial charge in [0.05, 0.1) is 26.6 Å². The summed E-state index contributed by atoms with van der Waals surface area (Å²) in [7, 11) is 3.10. The van der Waals surface area contributed by atoms with Crippen molar-refractivity contribution in [2.45, 2.75) is 13.3 Å². The molecule has 2 aromatic rings. The van der Waals surface area contributed by atoms with E-state index in [0.717, 1.165) is 0 Å². The molecule has 0 aliphatic heterocycles. The molecule has 0 spiro atoms. The maximum atomic E-state index is 12.3. The first-order valence-electron chi connectivity index (χ1n) is 9.02. The van der Waals surface area contributed by atoms with Gasteiger partial charge in [-0.15, -0.1) is 0 Å². The Morgan fingerprint density at radius 1 is 0.862 bits per heavy atom. The van der Waals surface area contributed by atoms with Crippen molar-refractivity contribution < 1.29 is 19.1 Å². The minimum Gasteiger partial charge on any atom is -0.496 e. The molecular weight excluding hydrogens is 372 g/mol. The monoisotopic (exact) mass is 396 g/mol. The predicted molar refractivity (Wildman–Crippen MR) is 111 cm³/mol. The number of hydrazone groups is 2. The lowest BCUT2D eigenvalue weighted by atomic mass is 10.1. The van der Waals surface area contributed by atoms with Crippen LogP contribution in [0.4, 0.5) is 0 Å².